The van der Waals surface area contributed by atoms with Crippen LogP contribution in [0, 0.1) is 5.92 Å². The molecule has 0 aromatic carbocycles. The molecule has 2 aliphatic rings. The van der Waals surface area contributed by atoms with Crippen molar-refractivity contribution in [3.63, 3.8) is 0 Å². The molecule has 0 radical (unpaired) electrons. The second-order valence-corrected chi connectivity index (χ2v) is 4.84. The van der Waals surface area contributed by atoms with Gasteiger partial charge in [-0.3, -0.25) is 0 Å². The Kier molecular flexibility index (Phi) is 12.9. The zero-order valence-corrected chi connectivity index (χ0v) is 11.6. The van der Waals surface area contributed by atoms with Crippen molar-refractivity contribution in [1.82, 2.24) is 10.6 Å². The molecule has 0 unspecified atom stereocenters. The molecular weight excluding hydrogens is 196 g/mol. The molecule has 2 nitrogen and oxygen atoms in total. The topological polar surface area (TPSA) is 24.1 Å². The van der Waals surface area contributed by atoms with Crippen LogP contribution in [-0.2, 0) is 0 Å². The molecule has 2 aliphatic heterocycles. The molecule has 0 aromatic heterocycles. The standard InChI is InChI=1S/C6H14.2C4H9N/c1-4-6(3)5-2;2*1-2-4-5-3-1/h6H,4-5H2,1-3H3;2*5H,1-4H2. The van der Waals surface area contributed by atoms with Crippen molar-refractivity contribution in [2.45, 2.75) is 59.3 Å². The molecule has 2 rings (SSSR count). The fourth-order valence-electron chi connectivity index (χ4n) is 1.54. The van der Waals surface area contributed by atoms with Gasteiger partial charge in [0.15, 0.2) is 0 Å². The molecule has 2 heteroatoms. The van der Waals surface area contributed by atoms with E-state index in [-0.39, 0.29) is 0 Å². The van der Waals surface area contributed by atoms with Crippen LogP contribution < -0.4 is 10.6 Å². The quantitative estimate of drug-likeness (QED) is 0.758. The maximum atomic E-state index is 3.22. The van der Waals surface area contributed by atoms with Crippen molar-refractivity contribution in [3.8, 4) is 0 Å². The maximum absolute atomic E-state index is 3.22. The molecule has 2 N–H and O–H groups in total. The molecule has 0 atom stereocenters. The molecule has 2 saturated heterocycles. The normalized spacial score (nSPS) is 18.8. The highest BCUT2D eigenvalue weighted by Gasteiger charge is 1.93. The SMILES string of the molecule is C1CCNC1.C1CCNC1.CCC(C)CC. The predicted molar refractivity (Wildman–Crippen MR) is 74.0 cm³/mol. The lowest BCUT2D eigenvalue weighted by molar-refractivity contribution is 0.544. The van der Waals surface area contributed by atoms with E-state index in [0.29, 0.717) is 0 Å². The minimum atomic E-state index is 0.935. The van der Waals surface area contributed by atoms with E-state index in [1.165, 1.54) is 64.7 Å². The summed E-state index contributed by atoms with van der Waals surface area (Å²) in [5.41, 5.74) is 0. The van der Waals surface area contributed by atoms with Gasteiger partial charge in [-0.25, -0.2) is 0 Å². The Balaban J connectivity index is 0.000000211. The van der Waals surface area contributed by atoms with Gasteiger partial charge in [0.05, 0.1) is 0 Å². The van der Waals surface area contributed by atoms with Gasteiger partial charge < -0.3 is 10.6 Å². The second kappa shape index (κ2) is 13.0. The van der Waals surface area contributed by atoms with Gasteiger partial charge in [-0.15, -0.1) is 0 Å². The van der Waals surface area contributed by atoms with Crippen LogP contribution in [0.1, 0.15) is 59.3 Å². The third-order valence-electron chi connectivity index (χ3n) is 3.31. The zero-order chi connectivity index (χ0) is 12.1. The van der Waals surface area contributed by atoms with Gasteiger partial charge >= 0.3 is 0 Å². The molecule has 0 saturated carbocycles. The Labute approximate surface area is 103 Å². The molecule has 2 fully saturated rings. The summed E-state index contributed by atoms with van der Waals surface area (Å²) >= 11 is 0. The monoisotopic (exact) mass is 228 g/mol. The molecule has 0 amide bonds. The van der Waals surface area contributed by atoms with Gasteiger partial charge in [-0.05, 0) is 57.8 Å². The molecular formula is C14H32N2. The van der Waals surface area contributed by atoms with Crippen LogP contribution in [0.2, 0.25) is 0 Å². The third-order valence-corrected chi connectivity index (χ3v) is 3.31. The highest BCUT2D eigenvalue weighted by Crippen LogP contribution is 2.02. The lowest BCUT2D eigenvalue weighted by atomic mass is 10.1. The number of rotatable bonds is 2. The summed E-state index contributed by atoms with van der Waals surface area (Å²) in [6.45, 7) is 11.7. The van der Waals surface area contributed by atoms with Gasteiger partial charge in [-0.2, -0.15) is 0 Å². The summed E-state index contributed by atoms with van der Waals surface area (Å²) in [6, 6.07) is 0. The number of hydrogen-bond donors (Lipinski definition) is 2. The fraction of sp³-hybridized carbons (Fsp3) is 1.00. The largest absolute Gasteiger partial charge is 0.317 e. The number of nitrogens with one attached hydrogen (secondary N) is 2. The summed E-state index contributed by atoms with van der Waals surface area (Å²) in [5, 5.41) is 6.44. The van der Waals surface area contributed by atoms with Crippen LogP contribution in [0.25, 0.3) is 0 Å². The zero-order valence-electron chi connectivity index (χ0n) is 11.6. The first-order chi connectivity index (χ1) is 7.81. The lowest BCUT2D eigenvalue weighted by Gasteiger charge is -1.98. The minimum Gasteiger partial charge on any atom is -0.317 e. The summed E-state index contributed by atoms with van der Waals surface area (Å²) in [7, 11) is 0. The van der Waals surface area contributed by atoms with Gasteiger partial charge in [-0.1, -0.05) is 33.6 Å². The molecule has 16 heavy (non-hydrogen) atoms. The van der Waals surface area contributed by atoms with Gasteiger partial charge in [0.2, 0.25) is 0 Å². The fourth-order valence-corrected chi connectivity index (χ4v) is 1.54. The summed E-state index contributed by atoms with van der Waals surface area (Å²) < 4.78 is 0. The van der Waals surface area contributed by atoms with Gasteiger partial charge in [0.1, 0.15) is 0 Å². The van der Waals surface area contributed by atoms with E-state index in [1.807, 2.05) is 0 Å². The van der Waals surface area contributed by atoms with E-state index in [0.717, 1.165) is 5.92 Å². The molecule has 0 bridgehead atoms. The number of hydrogen-bond acceptors (Lipinski definition) is 2. The Morgan fingerprint density at radius 2 is 1.06 bits per heavy atom. The van der Waals surface area contributed by atoms with Crippen molar-refractivity contribution in [3.05, 3.63) is 0 Å². The van der Waals surface area contributed by atoms with Crippen LogP contribution in [0.3, 0.4) is 0 Å². The second-order valence-electron chi connectivity index (χ2n) is 4.84. The maximum Gasteiger partial charge on any atom is -0.00484 e. The third kappa shape index (κ3) is 12.0. The Bertz CT molecular complexity index is 88.7. The average molecular weight is 228 g/mol. The molecule has 0 aromatic rings. The first-order valence-corrected chi connectivity index (χ1v) is 7.22. The summed E-state index contributed by atoms with van der Waals surface area (Å²) in [6.07, 6.45) is 8.22. The van der Waals surface area contributed by atoms with E-state index in [9.17, 15) is 0 Å². The molecule has 0 spiro atoms. The van der Waals surface area contributed by atoms with Crippen LogP contribution in [0.15, 0.2) is 0 Å². The minimum absolute atomic E-state index is 0.935. The van der Waals surface area contributed by atoms with Crippen LogP contribution in [0.4, 0.5) is 0 Å². The molecule has 0 aliphatic carbocycles. The molecule has 2 heterocycles. The average Bonchev–Trinajstić information content (AvgIpc) is 3.03. The van der Waals surface area contributed by atoms with Crippen molar-refractivity contribution >= 4 is 0 Å². The summed E-state index contributed by atoms with van der Waals surface area (Å²) in [4.78, 5) is 0. The lowest BCUT2D eigenvalue weighted by Crippen LogP contribution is -2.03. The first kappa shape index (κ1) is 15.9. The Morgan fingerprint density at radius 3 is 1.12 bits per heavy atom. The van der Waals surface area contributed by atoms with Gasteiger partial charge in [0, 0.05) is 0 Å². The van der Waals surface area contributed by atoms with Crippen LogP contribution >= 0.6 is 0 Å². The summed E-state index contributed by atoms with van der Waals surface area (Å²) in [5.74, 6) is 0.935. The van der Waals surface area contributed by atoms with Crippen molar-refractivity contribution < 1.29 is 0 Å². The van der Waals surface area contributed by atoms with Crippen molar-refractivity contribution in [1.29, 1.82) is 0 Å². The van der Waals surface area contributed by atoms with Crippen LogP contribution in [-0.4, -0.2) is 26.2 Å². The highest BCUT2D eigenvalue weighted by molar-refractivity contribution is 4.56. The highest BCUT2D eigenvalue weighted by atomic mass is 14.9. The van der Waals surface area contributed by atoms with E-state index >= 15 is 0 Å². The molecule has 98 valence electrons. The van der Waals surface area contributed by atoms with E-state index < -0.39 is 0 Å². The van der Waals surface area contributed by atoms with E-state index in [1.54, 1.807) is 0 Å². The Hall–Kier alpha value is -0.0800. The first-order valence-electron chi connectivity index (χ1n) is 7.22. The Morgan fingerprint density at radius 1 is 0.750 bits per heavy atom. The van der Waals surface area contributed by atoms with Crippen molar-refractivity contribution in [2.75, 3.05) is 26.2 Å². The predicted octanol–water partition coefficient (Wildman–Crippen LogP) is 3.18. The smallest absolute Gasteiger partial charge is 0.00484 e. The van der Waals surface area contributed by atoms with E-state index in [4.69, 9.17) is 0 Å². The van der Waals surface area contributed by atoms with Crippen molar-refractivity contribution in [2.24, 2.45) is 5.92 Å². The van der Waals surface area contributed by atoms with Gasteiger partial charge in [0.25, 0.3) is 0 Å². The van der Waals surface area contributed by atoms with E-state index in [2.05, 4.69) is 31.4 Å². The van der Waals surface area contributed by atoms with Crippen LogP contribution in [0.5, 0.6) is 0 Å².